The molecule has 23 heavy (non-hydrogen) atoms. The van der Waals surface area contributed by atoms with E-state index in [1.165, 1.54) is 6.42 Å². The fourth-order valence-electron chi connectivity index (χ4n) is 7.85. The van der Waals surface area contributed by atoms with Crippen molar-refractivity contribution in [1.29, 1.82) is 0 Å². The van der Waals surface area contributed by atoms with Crippen LogP contribution in [0.25, 0.3) is 0 Å². The summed E-state index contributed by atoms with van der Waals surface area (Å²) in [6, 6.07) is 0. The van der Waals surface area contributed by atoms with Crippen molar-refractivity contribution in [3.8, 4) is 0 Å². The predicted molar refractivity (Wildman–Crippen MR) is 85.2 cm³/mol. The van der Waals surface area contributed by atoms with Gasteiger partial charge in [0.05, 0.1) is 6.10 Å². The van der Waals surface area contributed by atoms with E-state index >= 15 is 0 Å². The number of halogens is 1. The van der Waals surface area contributed by atoms with Gasteiger partial charge in [-0.15, -0.1) is 0 Å². The van der Waals surface area contributed by atoms with E-state index < -0.39 is 5.83 Å². The number of aliphatic hydroxyl groups excluding tert-OH is 1. The molecule has 0 heterocycles. The normalized spacial score (nSPS) is 57.5. The van der Waals surface area contributed by atoms with Crippen LogP contribution in [0, 0.1) is 34.0 Å². The monoisotopic (exact) mass is 318 g/mol. The van der Waals surface area contributed by atoms with E-state index in [0.717, 1.165) is 44.1 Å². The Kier molecular flexibility index (Phi) is 2.60. The van der Waals surface area contributed by atoms with E-state index in [4.69, 9.17) is 0 Å². The summed E-state index contributed by atoms with van der Waals surface area (Å²) >= 11 is 0. The molecule has 3 heteroatoms. The zero-order valence-corrected chi connectivity index (χ0v) is 14.2. The first-order chi connectivity index (χ1) is 10.8. The molecule has 0 unspecified atom stereocenters. The van der Waals surface area contributed by atoms with E-state index in [1.54, 1.807) is 0 Å². The maximum Gasteiger partial charge on any atom is 0.191 e. The summed E-state index contributed by atoms with van der Waals surface area (Å²) in [5.41, 5.74) is 1.13. The number of hydrogen-bond acceptors (Lipinski definition) is 2. The summed E-state index contributed by atoms with van der Waals surface area (Å²) in [6.07, 6.45) is 7.27. The largest absolute Gasteiger partial charge is 0.393 e. The van der Waals surface area contributed by atoms with E-state index in [2.05, 4.69) is 13.8 Å². The van der Waals surface area contributed by atoms with Crippen LogP contribution in [0.3, 0.4) is 0 Å². The molecule has 0 aromatic heterocycles. The Morgan fingerprint density at radius 3 is 2.70 bits per heavy atom. The predicted octanol–water partition coefficient (Wildman–Crippen LogP) is 4.18. The number of allylic oxidation sites excluding steroid dienone is 1. The third-order valence-electron chi connectivity index (χ3n) is 9.18. The second-order valence-corrected chi connectivity index (χ2v) is 9.53. The second kappa shape index (κ2) is 4.09. The molecule has 0 bridgehead atoms. The van der Waals surface area contributed by atoms with Crippen LogP contribution in [0.15, 0.2) is 11.4 Å². The molecule has 1 N–H and O–H groups in total. The zero-order valence-electron chi connectivity index (χ0n) is 14.2. The van der Waals surface area contributed by atoms with Gasteiger partial charge in [0.15, 0.2) is 11.6 Å². The Labute approximate surface area is 137 Å². The molecule has 0 aromatic rings. The zero-order chi connectivity index (χ0) is 16.2. The molecule has 7 atom stereocenters. The van der Waals surface area contributed by atoms with Gasteiger partial charge in [0.2, 0.25) is 0 Å². The van der Waals surface area contributed by atoms with Gasteiger partial charge in [0.1, 0.15) is 0 Å². The fourth-order valence-corrected chi connectivity index (χ4v) is 7.85. The maximum atomic E-state index is 14.5. The summed E-state index contributed by atoms with van der Waals surface area (Å²) in [4.78, 5) is 11.8. The van der Waals surface area contributed by atoms with Crippen LogP contribution in [0.2, 0.25) is 0 Å². The number of hydrogen-bond donors (Lipinski definition) is 1. The minimum atomic E-state index is -0.401. The first kappa shape index (κ1) is 14.6. The number of Topliss-reactive ketones (excluding diaryl/α,β-unsaturated/α-hetero) is 1. The highest BCUT2D eigenvalue weighted by molar-refractivity contribution is 5.95. The van der Waals surface area contributed by atoms with Crippen molar-refractivity contribution < 1.29 is 14.3 Å². The Morgan fingerprint density at radius 2 is 1.91 bits per heavy atom. The third-order valence-corrected chi connectivity index (χ3v) is 9.18. The molecule has 4 fully saturated rings. The SMILES string of the molecule is C[C@]12CCC(=O)C(F)=C1CC[C@@H]1[C@@H]2CC[C@]2(C)[C@@H](O)C[C@H]3C[C@@]312. The Bertz CT molecular complexity index is 640. The highest BCUT2D eigenvalue weighted by atomic mass is 19.1. The molecular weight excluding hydrogens is 291 g/mol. The van der Waals surface area contributed by atoms with Crippen LogP contribution in [0.4, 0.5) is 4.39 Å². The van der Waals surface area contributed by atoms with E-state index in [-0.39, 0.29) is 22.7 Å². The van der Waals surface area contributed by atoms with Crippen molar-refractivity contribution in [1.82, 2.24) is 0 Å². The molecule has 0 aliphatic heterocycles. The van der Waals surface area contributed by atoms with Gasteiger partial charge in [-0.2, -0.15) is 0 Å². The van der Waals surface area contributed by atoms with E-state index in [9.17, 15) is 14.3 Å². The third kappa shape index (κ3) is 1.44. The molecule has 0 aromatic carbocycles. The molecule has 0 amide bonds. The standard InChI is InChI=1S/C20H27FO2/c1-18-7-6-15(22)17(21)14(18)4-3-13-12(18)5-8-19(2)16(23)9-11-10-20(11,13)19/h11-13,16,23H,3-10H2,1-2H3/t11-,12-,13+,16-,18+,19+,20+/m0/s1. The topological polar surface area (TPSA) is 37.3 Å². The number of aliphatic hydroxyl groups is 1. The quantitative estimate of drug-likeness (QED) is 0.727. The van der Waals surface area contributed by atoms with Gasteiger partial charge in [-0.3, -0.25) is 4.79 Å². The Hall–Kier alpha value is -0.700. The van der Waals surface area contributed by atoms with Crippen LogP contribution in [0.1, 0.15) is 65.2 Å². The first-order valence-electron chi connectivity index (χ1n) is 9.45. The Balaban J connectivity index is 1.59. The number of carbonyl (C=O) groups is 1. The van der Waals surface area contributed by atoms with E-state index in [0.29, 0.717) is 29.6 Å². The second-order valence-electron chi connectivity index (χ2n) is 9.53. The molecule has 5 aliphatic carbocycles. The fraction of sp³-hybridized carbons (Fsp3) is 0.850. The average Bonchev–Trinajstić information content (AvgIpc) is 3.17. The van der Waals surface area contributed by atoms with Crippen molar-refractivity contribution in [2.75, 3.05) is 0 Å². The highest BCUT2D eigenvalue weighted by Crippen LogP contribution is 2.82. The number of rotatable bonds is 0. The summed E-state index contributed by atoms with van der Waals surface area (Å²) in [5, 5.41) is 10.6. The van der Waals surface area contributed by atoms with Gasteiger partial charge in [-0.1, -0.05) is 13.8 Å². The van der Waals surface area contributed by atoms with Crippen LogP contribution < -0.4 is 0 Å². The highest BCUT2D eigenvalue weighted by Gasteiger charge is 2.77. The van der Waals surface area contributed by atoms with Gasteiger partial charge < -0.3 is 5.11 Å². The van der Waals surface area contributed by atoms with Crippen molar-refractivity contribution in [3.63, 3.8) is 0 Å². The lowest BCUT2D eigenvalue weighted by Gasteiger charge is -2.59. The van der Waals surface area contributed by atoms with Gasteiger partial charge in [0, 0.05) is 6.42 Å². The lowest BCUT2D eigenvalue weighted by molar-refractivity contribution is -0.123. The van der Waals surface area contributed by atoms with E-state index in [1.807, 2.05) is 0 Å². The minimum absolute atomic E-state index is 0.0828. The number of ketones is 1. The van der Waals surface area contributed by atoms with Crippen molar-refractivity contribution in [2.24, 2.45) is 34.0 Å². The van der Waals surface area contributed by atoms with Gasteiger partial charge in [0.25, 0.3) is 0 Å². The molecular formula is C20H27FO2. The molecule has 4 saturated carbocycles. The smallest absolute Gasteiger partial charge is 0.191 e. The Morgan fingerprint density at radius 1 is 1.13 bits per heavy atom. The van der Waals surface area contributed by atoms with Crippen molar-refractivity contribution in [2.45, 2.75) is 71.3 Å². The summed E-state index contributed by atoms with van der Waals surface area (Å²) in [7, 11) is 0. The molecule has 126 valence electrons. The molecule has 0 saturated heterocycles. The molecule has 0 radical (unpaired) electrons. The van der Waals surface area contributed by atoms with Crippen LogP contribution in [-0.2, 0) is 4.79 Å². The van der Waals surface area contributed by atoms with Crippen molar-refractivity contribution >= 4 is 5.78 Å². The average molecular weight is 318 g/mol. The molecule has 5 rings (SSSR count). The van der Waals surface area contributed by atoms with Crippen LogP contribution in [0.5, 0.6) is 0 Å². The summed E-state index contributed by atoms with van der Waals surface area (Å²) in [5.74, 6) is 1.16. The number of carbonyl (C=O) groups excluding carboxylic acids is 1. The van der Waals surface area contributed by atoms with Gasteiger partial charge >= 0.3 is 0 Å². The van der Waals surface area contributed by atoms with Gasteiger partial charge in [-0.25, -0.2) is 4.39 Å². The molecule has 5 aliphatic rings. The molecule has 2 nitrogen and oxygen atoms in total. The summed E-state index contributed by atoms with van der Waals surface area (Å²) in [6.45, 7) is 4.55. The maximum absolute atomic E-state index is 14.5. The van der Waals surface area contributed by atoms with Gasteiger partial charge in [-0.05, 0) is 84.5 Å². The minimum Gasteiger partial charge on any atom is -0.393 e. The van der Waals surface area contributed by atoms with Crippen LogP contribution in [-0.4, -0.2) is 17.0 Å². The van der Waals surface area contributed by atoms with Crippen LogP contribution >= 0.6 is 0 Å². The lowest BCUT2D eigenvalue weighted by atomic mass is 9.45. The molecule has 1 spiro atoms. The lowest BCUT2D eigenvalue weighted by Crippen LogP contribution is -2.54. The number of fused-ring (bicyclic) bond motifs is 3. The first-order valence-corrected chi connectivity index (χ1v) is 9.45. The summed E-state index contributed by atoms with van der Waals surface area (Å²) < 4.78 is 14.5. The van der Waals surface area contributed by atoms with Crippen molar-refractivity contribution in [3.05, 3.63) is 11.4 Å².